The molecule has 1 heterocycles. The topological polar surface area (TPSA) is 47.6 Å². The van der Waals surface area contributed by atoms with Crippen LogP contribution in [0.1, 0.15) is 23.7 Å². The van der Waals surface area contributed by atoms with Gasteiger partial charge in [0.2, 0.25) is 0 Å². The zero-order chi connectivity index (χ0) is 13.8. The van der Waals surface area contributed by atoms with Crippen molar-refractivity contribution in [3.8, 4) is 5.75 Å². The normalized spacial score (nSPS) is 20.1. The quantitative estimate of drug-likeness (QED) is 0.907. The summed E-state index contributed by atoms with van der Waals surface area (Å²) in [5, 5.41) is 2.82. The molecule has 1 aromatic carbocycles. The van der Waals surface area contributed by atoms with Gasteiger partial charge in [-0.2, -0.15) is 0 Å². The number of halogens is 1. The highest BCUT2D eigenvalue weighted by molar-refractivity contribution is 5.94. The first-order chi connectivity index (χ1) is 9.11. The van der Waals surface area contributed by atoms with Crippen LogP contribution in [-0.2, 0) is 4.74 Å². The van der Waals surface area contributed by atoms with Crippen LogP contribution in [0.2, 0.25) is 0 Å². The molecule has 0 radical (unpaired) electrons. The fourth-order valence-electron chi connectivity index (χ4n) is 2.16. The van der Waals surface area contributed by atoms with Crippen LogP contribution < -0.4 is 10.1 Å². The van der Waals surface area contributed by atoms with Gasteiger partial charge in [-0.05, 0) is 25.5 Å². The largest absolute Gasteiger partial charge is 0.497 e. The number of nitrogens with one attached hydrogen (secondary N) is 1. The summed E-state index contributed by atoms with van der Waals surface area (Å²) >= 11 is 0. The van der Waals surface area contributed by atoms with E-state index in [4.69, 9.17) is 9.47 Å². The highest BCUT2D eigenvalue weighted by Gasteiger charge is 2.24. The van der Waals surface area contributed by atoms with Gasteiger partial charge in [0.15, 0.2) is 0 Å². The van der Waals surface area contributed by atoms with Crippen LogP contribution in [0.3, 0.4) is 0 Å². The molecule has 5 heteroatoms. The van der Waals surface area contributed by atoms with Gasteiger partial charge in [-0.1, -0.05) is 0 Å². The molecule has 4 nitrogen and oxygen atoms in total. The number of carbonyl (C=O) groups excluding carboxylic acids is 1. The van der Waals surface area contributed by atoms with Crippen LogP contribution >= 0.6 is 0 Å². The number of rotatable bonds is 4. The van der Waals surface area contributed by atoms with Gasteiger partial charge in [-0.3, -0.25) is 4.79 Å². The summed E-state index contributed by atoms with van der Waals surface area (Å²) in [6.45, 7) is 3.28. The number of hydrogen-bond acceptors (Lipinski definition) is 3. The molecule has 104 valence electrons. The molecule has 0 bridgehead atoms. The predicted octanol–water partition coefficient (Wildman–Crippen LogP) is 1.99. The van der Waals surface area contributed by atoms with Crippen LogP contribution in [0, 0.1) is 11.7 Å². The van der Waals surface area contributed by atoms with Crippen molar-refractivity contribution in [2.24, 2.45) is 5.92 Å². The highest BCUT2D eigenvalue weighted by Crippen LogP contribution is 2.19. The summed E-state index contributed by atoms with van der Waals surface area (Å²) in [5.41, 5.74) is 0.0339. The number of amides is 1. The second-order valence-electron chi connectivity index (χ2n) is 4.73. The molecular formula is C14H18FNO3. The van der Waals surface area contributed by atoms with E-state index in [9.17, 15) is 9.18 Å². The predicted molar refractivity (Wildman–Crippen MR) is 68.8 cm³/mol. The third-order valence-corrected chi connectivity index (χ3v) is 3.45. The molecule has 1 saturated heterocycles. The molecule has 19 heavy (non-hydrogen) atoms. The van der Waals surface area contributed by atoms with E-state index in [0.717, 1.165) is 13.0 Å². The molecule has 2 atom stereocenters. The molecular weight excluding hydrogens is 249 g/mol. The van der Waals surface area contributed by atoms with E-state index in [1.165, 1.54) is 19.2 Å². The van der Waals surface area contributed by atoms with Crippen molar-refractivity contribution < 1.29 is 18.7 Å². The lowest BCUT2D eigenvalue weighted by Crippen LogP contribution is -2.38. The SMILES string of the molecule is COc1ccc(C(=O)NC(C)C2CCOC2)c(F)c1. The Morgan fingerprint density at radius 2 is 2.37 bits per heavy atom. The fraction of sp³-hybridized carbons (Fsp3) is 0.500. The molecule has 1 amide bonds. The minimum absolute atomic E-state index is 0.0310. The van der Waals surface area contributed by atoms with Gasteiger partial charge in [-0.25, -0.2) is 4.39 Å². The number of methoxy groups -OCH3 is 1. The zero-order valence-corrected chi connectivity index (χ0v) is 11.1. The lowest BCUT2D eigenvalue weighted by atomic mass is 10.0. The molecule has 1 fully saturated rings. The first-order valence-electron chi connectivity index (χ1n) is 6.34. The Bertz CT molecular complexity index is 458. The summed E-state index contributed by atoms with van der Waals surface area (Å²) in [7, 11) is 1.46. The Hall–Kier alpha value is -1.62. The van der Waals surface area contributed by atoms with Crippen LogP contribution in [-0.4, -0.2) is 32.3 Å². The van der Waals surface area contributed by atoms with Gasteiger partial charge in [-0.15, -0.1) is 0 Å². The maximum Gasteiger partial charge on any atom is 0.254 e. The van der Waals surface area contributed by atoms with Crippen LogP contribution in [0.25, 0.3) is 0 Å². The third kappa shape index (κ3) is 3.23. The molecule has 0 aliphatic carbocycles. The summed E-state index contributed by atoms with van der Waals surface area (Å²) in [4.78, 5) is 12.0. The Labute approximate surface area is 111 Å². The minimum Gasteiger partial charge on any atom is -0.497 e. The maximum atomic E-state index is 13.7. The summed E-state index contributed by atoms with van der Waals surface area (Å²) in [6.07, 6.45) is 0.923. The standard InChI is InChI=1S/C14H18FNO3/c1-9(10-5-6-19-8-10)16-14(17)12-4-3-11(18-2)7-13(12)15/h3-4,7,9-10H,5-6,8H2,1-2H3,(H,16,17). The lowest BCUT2D eigenvalue weighted by Gasteiger charge is -2.19. The second-order valence-corrected chi connectivity index (χ2v) is 4.73. The molecule has 1 N–H and O–H groups in total. The van der Waals surface area contributed by atoms with Crippen LogP contribution in [0.15, 0.2) is 18.2 Å². The minimum atomic E-state index is -0.577. The maximum absolute atomic E-state index is 13.7. The van der Waals surface area contributed by atoms with E-state index in [0.29, 0.717) is 18.3 Å². The molecule has 1 aliphatic heterocycles. The van der Waals surface area contributed by atoms with Crippen molar-refractivity contribution in [1.82, 2.24) is 5.32 Å². The number of benzene rings is 1. The van der Waals surface area contributed by atoms with Crippen molar-refractivity contribution in [1.29, 1.82) is 0 Å². The Morgan fingerprint density at radius 3 is 2.95 bits per heavy atom. The van der Waals surface area contributed by atoms with E-state index in [1.54, 1.807) is 6.07 Å². The lowest BCUT2D eigenvalue weighted by molar-refractivity contribution is 0.0918. The molecule has 2 unspecified atom stereocenters. The van der Waals surface area contributed by atoms with Gasteiger partial charge in [0, 0.05) is 24.6 Å². The third-order valence-electron chi connectivity index (χ3n) is 3.45. The van der Waals surface area contributed by atoms with Gasteiger partial charge in [0.1, 0.15) is 11.6 Å². The van der Waals surface area contributed by atoms with Gasteiger partial charge < -0.3 is 14.8 Å². The number of hydrogen-bond donors (Lipinski definition) is 1. The van der Waals surface area contributed by atoms with Crippen LogP contribution in [0.4, 0.5) is 4.39 Å². The molecule has 0 aromatic heterocycles. The van der Waals surface area contributed by atoms with E-state index in [2.05, 4.69) is 5.32 Å². The Kier molecular flexibility index (Phi) is 4.37. The monoisotopic (exact) mass is 267 g/mol. The van der Waals surface area contributed by atoms with Crippen LogP contribution in [0.5, 0.6) is 5.75 Å². The molecule has 0 saturated carbocycles. The van der Waals surface area contributed by atoms with E-state index in [-0.39, 0.29) is 11.6 Å². The second kappa shape index (κ2) is 6.02. The Balaban J connectivity index is 2.02. The zero-order valence-electron chi connectivity index (χ0n) is 11.1. The molecule has 1 aliphatic rings. The van der Waals surface area contributed by atoms with Crippen molar-refractivity contribution in [2.45, 2.75) is 19.4 Å². The van der Waals surface area contributed by atoms with Crippen molar-refractivity contribution in [3.05, 3.63) is 29.6 Å². The van der Waals surface area contributed by atoms with Gasteiger partial charge in [0.25, 0.3) is 5.91 Å². The van der Waals surface area contributed by atoms with E-state index >= 15 is 0 Å². The van der Waals surface area contributed by atoms with Crippen molar-refractivity contribution >= 4 is 5.91 Å². The molecule has 2 rings (SSSR count). The first-order valence-corrected chi connectivity index (χ1v) is 6.34. The van der Waals surface area contributed by atoms with Crippen molar-refractivity contribution in [3.63, 3.8) is 0 Å². The number of carbonyl (C=O) groups is 1. The number of ether oxygens (including phenoxy) is 2. The first kappa shape index (κ1) is 13.8. The Morgan fingerprint density at radius 1 is 1.58 bits per heavy atom. The fourth-order valence-corrected chi connectivity index (χ4v) is 2.16. The van der Waals surface area contributed by atoms with E-state index < -0.39 is 11.7 Å². The summed E-state index contributed by atoms with van der Waals surface area (Å²) in [6, 6.07) is 4.18. The molecule has 1 aromatic rings. The average Bonchev–Trinajstić information content (AvgIpc) is 2.92. The van der Waals surface area contributed by atoms with E-state index in [1.807, 2.05) is 6.92 Å². The summed E-state index contributed by atoms with van der Waals surface area (Å²) < 4.78 is 23.9. The average molecular weight is 267 g/mol. The van der Waals surface area contributed by atoms with Crippen molar-refractivity contribution in [2.75, 3.05) is 20.3 Å². The highest BCUT2D eigenvalue weighted by atomic mass is 19.1. The smallest absolute Gasteiger partial charge is 0.254 e. The molecule has 0 spiro atoms. The van der Waals surface area contributed by atoms with Gasteiger partial charge in [0.05, 0.1) is 19.3 Å². The summed E-state index contributed by atoms with van der Waals surface area (Å²) in [5.74, 6) is -0.289. The van der Waals surface area contributed by atoms with Gasteiger partial charge >= 0.3 is 0 Å².